The maximum Gasteiger partial charge on any atom is 0.340 e. The number of benzene rings is 1. The van der Waals surface area contributed by atoms with Gasteiger partial charge in [0.25, 0.3) is 0 Å². The van der Waals surface area contributed by atoms with Crippen LogP contribution in [0.2, 0.25) is 0 Å². The first-order valence-corrected chi connectivity index (χ1v) is 9.00. The topological polar surface area (TPSA) is 98.6 Å². The van der Waals surface area contributed by atoms with E-state index in [1.54, 1.807) is 29.4 Å². The summed E-state index contributed by atoms with van der Waals surface area (Å²) in [4.78, 5) is 16.9. The van der Waals surface area contributed by atoms with E-state index in [9.17, 15) is 10.1 Å². The molecule has 0 bridgehead atoms. The number of nitrogens with zero attached hydrogens (tertiary/aromatic N) is 6. The molecule has 144 valence electrons. The van der Waals surface area contributed by atoms with Gasteiger partial charge in [-0.15, -0.1) is 0 Å². The summed E-state index contributed by atoms with van der Waals surface area (Å²) < 4.78 is 8.81. The van der Waals surface area contributed by atoms with Gasteiger partial charge < -0.3 is 4.74 Å². The monoisotopic (exact) mass is 386 g/mol. The highest BCUT2D eigenvalue weighted by Crippen LogP contribution is 2.21. The van der Waals surface area contributed by atoms with E-state index in [2.05, 4.69) is 21.3 Å². The SMILES string of the molecule is Cc1nn(-c2ccccc2)c(COC(=O)c2cnc3c(c2)c(C)nn3C)c1C#N. The van der Waals surface area contributed by atoms with Crippen LogP contribution in [0, 0.1) is 25.2 Å². The van der Waals surface area contributed by atoms with E-state index in [4.69, 9.17) is 4.74 Å². The smallest absolute Gasteiger partial charge is 0.340 e. The van der Waals surface area contributed by atoms with Crippen molar-refractivity contribution in [1.29, 1.82) is 5.26 Å². The van der Waals surface area contributed by atoms with Gasteiger partial charge in [-0.3, -0.25) is 4.68 Å². The van der Waals surface area contributed by atoms with E-state index in [-0.39, 0.29) is 6.61 Å². The number of nitriles is 1. The second-order valence-corrected chi connectivity index (χ2v) is 6.65. The predicted octanol–water partition coefficient (Wildman–Crippen LogP) is 3.00. The molecule has 4 rings (SSSR count). The van der Waals surface area contributed by atoms with Crippen LogP contribution >= 0.6 is 0 Å². The van der Waals surface area contributed by atoms with Crippen molar-refractivity contribution in [2.24, 2.45) is 7.05 Å². The lowest BCUT2D eigenvalue weighted by molar-refractivity contribution is 0.0464. The number of ether oxygens (including phenoxy) is 1. The average molecular weight is 386 g/mol. The number of hydrogen-bond donors (Lipinski definition) is 0. The van der Waals surface area contributed by atoms with Crippen LogP contribution in [0.1, 0.15) is 33.0 Å². The Kier molecular flexibility index (Phi) is 4.56. The number of aryl methyl sites for hydroxylation is 3. The van der Waals surface area contributed by atoms with Crippen LogP contribution in [0.15, 0.2) is 42.6 Å². The molecule has 3 heterocycles. The fourth-order valence-corrected chi connectivity index (χ4v) is 3.27. The Morgan fingerprint density at radius 2 is 1.93 bits per heavy atom. The van der Waals surface area contributed by atoms with Crippen LogP contribution in [0.3, 0.4) is 0 Å². The van der Waals surface area contributed by atoms with Crippen LogP contribution in [0.5, 0.6) is 0 Å². The Hall–Kier alpha value is -3.99. The van der Waals surface area contributed by atoms with Crippen molar-refractivity contribution < 1.29 is 9.53 Å². The molecule has 0 radical (unpaired) electrons. The van der Waals surface area contributed by atoms with E-state index in [1.165, 1.54) is 6.20 Å². The summed E-state index contributed by atoms with van der Waals surface area (Å²) in [5.41, 5.74) is 4.11. The van der Waals surface area contributed by atoms with Crippen LogP contribution in [0.4, 0.5) is 0 Å². The number of aromatic nitrogens is 5. The van der Waals surface area contributed by atoms with Gasteiger partial charge in [0.1, 0.15) is 18.2 Å². The van der Waals surface area contributed by atoms with Gasteiger partial charge in [-0.2, -0.15) is 15.5 Å². The standard InChI is InChI=1S/C21H18N6O2/c1-13-17-9-15(11-23-20(17)26(3)24-13)21(28)29-12-19-18(10-22)14(2)25-27(19)16-7-5-4-6-8-16/h4-9,11H,12H2,1-3H3. The lowest BCUT2D eigenvalue weighted by Gasteiger charge is -2.09. The molecule has 0 unspecified atom stereocenters. The van der Waals surface area contributed by atoms with Crippen LogP contribution < -0.4 is 0 Å². The number of hydrogen-bond acceptors (Lipinski definition) is 6. The second kappa shape index (κ2) is 7.20. The van der Waals surface area contributed by atoms with Crippen LogP contribution in [0.25, 0.3) is 16.7 Å². The molecule has 29 heavy (non-hydrogen) atoms. The maximum absolute atomic E-state index is 12.6. The summed E-state index contributed by atoms with van der Waals surface area (Å²) in [6.07, 6.45) is 1.47. The first kappa shape index (κ1) is 18.4. The molecular weight excluding hydrogens is 368 g/mol. The Morgan fingerprint density at radius 3 is 2.66 bits per heavy atom. The summed E-state index contributed by atoms with van der Waals surface area (Å²) in [5.74, 6) is -0.523. The van der Waals surface area contributed by atoms with Crippen molar-refractivity contribution in [3.63, 3.8) is 0 Å². The van der Waals surface area contributed by atoms with Gasteiger partial charge in [0, 0.05) is 18.6 Å². The maximum atomic E-state index is 12.6. The Morgan fingerprint density at radius 1 is 1.17 bits per heavy atom. The number of carbonyl (C=O) groups excluding carboxylic acids is 1. The van der Waals surface area contributed by atoms with Crippen molar-refractivity contribution in [2.45, 2.75) is 20.5 Å². The lowest BCUT2D eigenvalue weighted by atomic mass is 10.2. The molecule has 8 nitrogen and oxygen atoms in total. The van der Waals surface area contributed by atoms with E-state index >= 15 is 0 Å². The van der Waals surface area contributed by atoms with E-state index < -0.39 is 5.97 Å². The van der Waals surface area contributed by atoms with Crippen LogP contribution in [-0.2, 0) is 18.4 Å². The third-order valence-corrected chi connectivity index (χ3v) is 4.71. The Bertz CT molecular complexity index is 1260. The first-order chi connectivity index (χ1) is 14.0. The zero-order valence-electron chi connectivity index (χ0n) is 16.2. The summed E-state index contributed by atoms with van der Waals surface area (Å²) >= 11 is 0. The minimum Gasteiger partial charge on any atom is -0.455 e. The molecule has 0 aliphatic heterocycles. The number of esters is 1. The van der Waals surface area contributed by atoms with Crippen molar-refractivity contribution >= 4 is 17.0 Å². The number of rotatable bonds is 4. The molecule has 0 spiro atoms. The van der Waals surface area contributed by atoms with Gasteiger partial charge in [0.05, 0.1) is 28.3 Å². The summed E-state index contributed by atoms with van der Waals surface area (Å²) in [7, 11) is 1.80. The third-order valence-electron chi connectivity index (χ3n) is 4.71. The van der Waals surface area contributed by atoms with Gasteiger partial charge >= 0.3 is 5.97 Å². The Balaban J connectivity index is 1.63. The molecule has 8 heteroatoms. The number of fused-ring (bicyclic) bond motifs is 1. The van der Waals surface area contributed by atoms with Gasteiger partial charge in [-0.05, 0) is 32.0 Å². The lowest BCUT2D eigenvalue weighted by Crippen LogP contribution is -2.10. The highest BCUT2D eigenvalue weighted by molar-refractivity contribution is 5.93. The molecule has 4 aromatic rings. The molecule has 0 saturated carbocycles. The minimum absolute atomic E-state index is 0.0818. The summed E-state index contributed by atoms with van der Waals surface area (Å²) in [6, 6.07) is 13.3. The molecule has 0 N–H and O–H groups in total. The summed E-state index contributed by atoms with van der Waals surface area (Å²) in [5, 5.41) is 19.1. The summed E-state index contributed by atoms with van der Waals surface area (Å²) in [6.45, 7) is 3.54. The molecule has 3 aromatic heterocycles. The molecule has 0 amide bonds. The number of carbonyl (C=O) groups is 1. The van der Waals surface area contributed by atoms with Gasteiger partial charge in [0.15, 0.2) is 5.65 Å². The number of para-hydroxylation sites is 1. The molecule has 0 atom stereocenters. The fraction of sp³-hybridized carbons (Fsp3) is 0.190. The van der Waals surface area contributed by atoms with Gasteiger partial charge in [-0.1, -0.05) is 18.2 Å². The highest BCUT2D eigenvalue weighted by atomic mass is 16.5. The Labute approximate surface area is 167 Å². The quantitative estimate of drug-likeness (QED) is 0.500. The van der Waals surface area contributed by atoms with Crippen molar-refractivity contribution in [2.75, 3.05) is 0 Å². The second-order valence-electron chi connectivity index (χ2n) is 6.65. The molecule has 0 aliphatic rings. The normalized spacial score (nSPS) is 10.8. The molecule has 0 fully saturated rings. The molecular formula is C21H18N6O2. The van der Waals surface area contributed by atoms with E-state index in [0.717, 1.165) is 16.8 Å². The van der Waals surface area contributed by atoms with Gasteiger partial charge in [0.2, 0.25) is 0 Å². The first-order valence-electron chi connectivity index (χ1n) is 9.00. The third kappa shape index (κ3) is 3.23. The van der Waals surface area contributed by atoms with Crippen molar-refractivity contribution in [3.05, 3.63) is 70.8 Å². The highest BCUT2D eigenvalue weighted by Gasteiger charge is 2.19. The molecule has 0 aliphatic carbocycles. The zero-order valence-corrected chi connectivity index (χ0v) is 16.2. The van der Waals surface area contributed by atoms with E-state index in [1.807, 2.05) is 37.3 Å². The molecule has 1 aromatic carbocycles. The van der Waals surface area contributed by atoms with Crippen LogP contribution in [-0.4, -0.2) is 30.5 Å². The zero-order chi connectivity index (χ0) is 20.5. The van der Waals surface area contributed by atoms with Crippen molar-refractivity contribution in [1.82, 2.24) is 24.5 Å². The fourth-order valence-electron chi connectivity index (χ4n) is 3.27. The largest absolute Gasteiger partial charge is 0.455 e. The average Bonchev–Trinajstić information content (AvgIpc) is 3.21. The number of pyridine rings is 1. The van der Waals surface area contributed by atoms with E-state index in [0.29, 0.717) is 28.2 Å². The van der Waals surface area contributed by atoms with Gasteiger partial charge in [-0.25, -0.2) is 14.5 Å². The minimum atomic E-state index is -0.523. The van der Waals surface area contributed by atoms with Crippen molar-refractivity contribution in [3.8, 4) is 11.8 Å². The predicted molar refractivity (Wildman–Crippen MR) is 105 cm³/mol. The molecule has 0 saturated heterocycles.